The van der Waals surface area contributed by atoms with E-state index in [1.54, 1.807) is 30.3 Å². The first kappa shape index (κ1) is 20.5. The summed E-state index contributed by atoms with van der Waals surface area (Å²) in [7, 11) is -0.842. The monoisotopic (exact) mass is 413 g/mol. The van der Waals surface area contributed by atoms with E-state index >= 15 is 0 Å². The van der Waals surface area contributed by atoms with Crippen molar-refractivity contribution in [1.29, 1.82) is 0 Å². The fraction of sp³-hybridized carbons (Fsp3) is 0.182. The van der Waals surface area contributed by atoms with Crippen molar-refractivity contribution in [3.8, 4) is 17.2 Å². The second kappa shape index (κ2) is 9.34. The Balaban J connectivity index is 1.68. The van der Waals surface area contributed by atoms with E-state index in [1.807, 2.05) is 30.3 Å². The lowest BCUT2D eigenvalue weighted by atomic mass is 10.2. The molecule has 0 aliphatic heterocycles. The predicted octanol–water partition coefficient (Wildman–Crippen LogP) is 4.13. The maximum atomic E-state index is 12.7. The van der Waals surface area contributed by atoms with Gasteiger partial charge in [0.25, 0.3) is 10.0 Å². The summed E-state index contributed by atoms with van der Waals surface area (Å²) in [6, 6.07) is 21.3. The zero-order valence-corrected chi connectivity index (χ0v) is 17.1. The molecule has 0 atom stereocenters. The molecule has 0 fully saturated rings. The van der Waals surface area contributed by atoms with Gasteiger partial charge in [-0.3, -0.25) is 4.72 Å². The number of benzene rings is 3. The number of hydrogen-bond acceptors (Lipinski definition) is 5. The smallest absolute Gasteiger partial charge is 0.262 e. The van der Waals surface area contributed by atoms with Gasteiger partial charge in [-0.15, -0.1) is 0 Å². The highest BCUT2D eigenvalue weighted by molar-refractivity contribution is 7.92. The molecule has 0 amide bonds. The highest BCUT2D eigenvalue weighted by Gasteiger charge is 2.17. The van der Waals surface area contributed by atoms with E-state index in [4.69, 9.17) is 14.2 Å². The topological polar surface area (TPSA) is 73.9 Å². The highest BCUT2D eigenvalue weighted by atomic mass is 32.2. The van der Waals surface area contributed by atoms with Crippen molar-refractivity contribution in [2.45, 2.75) is 11.3 Å². The Hall–Kier alpha value is -3.19. The molecule has 1 N–H and O–H groups in total. The predicted molar refractivity (Wildman–Crippen MR) is 112 cm³/mol. The second-order valence-corrected chi connectivity index (χ2v) is 7.92. The van der Waals surface area contributed by atoms with E-state index < -0.39 is 10.0 Å². The standard InChI is InChI=1S/C22H23NO5S/c1-26-21-12-11-20(16-22(21)27-2)29(24,25)23-18-9-6-10-19(15-18)28-14-13-17-7-4-3-5-8-17/h3-12,15-16,23H,13-14H2,1-2H3. The van der Waals surface area contributed by atoms with Gasteiger partial charge in [0.1, 0.15) is 5.75 Å². The SMILES string of the molecule is COc1ccc(S(=O)(=O)Nc2cccc(OCCc3ccccc3)c2)cc1OC. The molecule has 3 aromatic carbocycles. The summed E-state index contributed by atoms with van der Waals surface area (Å²) in [5.74, 6) is 1.39. The van der Waals surface area contributed by atoms with Crippen LogP contribution in [0.2, 0.25) is 0 Å². The fourth-order valence-electron chi connectivity index (χ4n) is 2.78. The quantitative estimate of drug-likeness (QED) is 0.571. The number of rotatable bonds is 9. The molecule has 0 spiro atoms. The Kier molecular flexibility index (Phi) is 6.61. The molecule has 3 rings (SSSR count). The maximum Gasteiger partial charge on any atom is 0.262 e. The lowest BCUT2D eigenvalue weighted by Gasteiger charge is -2.12. The zero-order valence-electron chi connectivity index (χ0n) is 16.3. The molecule has 29 heavy (non-hydrogen) atoms. The molecule has 0 heterocycles. The maximum absolute atomic E-state index is 12.7. The van der Waals surface area contributed by atoms with Crippen LogP contribution < -0.4 is 18.9 Å². The van der Waals surface area contributed by atoms with Crippen molar-refractivity contribution in [3.05, 3.63) is 78.4 Å². The Labute approximate surface area is 171 Å². The van der Waals surface area contributed by atoms with Gasteiger partial charge in [-0.2, -0.15) is 0 Å². The lowest BCUT2D eigenvalue weighted by Crippen LogP contribution is -2.13. The second-order valence-electron chi connectivity index (χ2n) is 6.23. The van der Waals surface area contributed by atoms with E-state index in [0.29, 0.717) is 29.5 Å². The summed E-state index contributed by atoms with van der Waals surface area (Å²) in [5.41, 5.74) is 1.59. The van der Waals surface area contributed by atoms with Gasteiger partial charge in [0.2, 0.25) is 0 Å². The van der Waals surface area contributed by atoms with Gasteiger partial charge in [-0.05, 0) is 29.8 Å². The summed E-state index contributed by atoms with van der Waals surface area (Å²) in [5, 5.41) is 0. The van der Waals surface area contributed by atoms with E-state index in [1.165, 1.54) is 31.9 Å². The van der Waals surface area contributed by atoms with Gasteiger partial charge in [-0.1, -0.05) is 36.4 Å². The van der Waals surface area contributed by atoms with Crippen molar-refractivity contribution in [2.75, 3.05) is 25.5 Å². The first-order valence-corrected chi connectivity index (χ1v) is 10.5. The van der Waals surface area contributed by atoms with Gasteiger partial charge in [0.15, 0.2) is 11.5 Å². The molecule has 0 unspecified atom stereocenters. The minimum atomic E-state index is -3.79. The van der Waals surface area contributed by atoms with Gasteiger partial charge in [0, 0.05) is 18.6 Å². The first-order valence-electron chi connectivity index (χ1n) is 9.03. The van der Waals surface area contributed by atoms with Crippen LogP contribution in [0.1, 0.15) is 5.56 Å². The molecule has 0 saturated carbocycles. The Morgan fingerprint density at radius 2 is 1.59 bits per heavy atom. The van der Waals surface area contributed by atoms with Crippen LogP contribution >= 0.6 is 0 Å². The molecule has 0 bridgehead atoms. The van der Waals surface area contributed by atoms with Crippen molar-refractivity contribution in [3.63, 3.8) is 0 Å². The third-order valence-electron chi connectivity index (χ3n) is 4.25. The summed E-state index contributed by atoms with van der Waals surface area (Å²) in [6.45, 7) is 0.496. The number of sulfonamides is 1. The van der Waals surface area contributed by atoms with E-state index in [2.05, 4.69) is 4.72 Å². The molecular weight excluding hydrogens is 390 g/mol. The van der Waals surface area contributed by atoms with Gasteiger partial charge in [-0.25, -0.2) is 8.42 Å². The van der Waals surface area contributed by atoms with E-state index in [0.717, 1.165) is 6.42 Å². The molecular formula is C22H23NO5S. The van der Waals surface area contributed by atoms with Crippen molar-refractivity contribution in [2.24, 2.45) is 0 Å². The van der Waals surface area contributed by atoms with Crippen molar-refractivity contribution >= 4 is 15.7 Å². The number of anilines is 1. The molecule has 0 aliphatic rings. The fourth-order valence-corrected chi connectivity index (χ4v) is 3.84. The number of nitrogens with one attached hydrogen (secondary N) is 1. The average molecular weight is 413 g/mol. The molecule has 3 aromatic rings. The lowest BCUT2D eigenvalue weighted by molar-refractivity contribution is 0.322. The third-order valence-corrected chi connectivity index (χ3v) is 5.63. The summed E-state index contributed by atoms with van der Waals surface area (Å²) in [6.07, 6.45) is 0.766. The largest absolute Gasteiger partial charge is 0.493 e. The zero-order chi connectivity index (χ0) is 20.7. The summed E-state index contributed by atoms with van der Waals surface area (Å²) < 4.78 is 44.1. The first-order chi connectivity index (χ1) is 14.0. The van der Waals surface area contributed by atoms with Crippen LogP contribution in [0.15, 0.2) is 77.7 Å². The minimum absolute atomic E-state index is 0.0746. The van der Waals surface area contributed by atoms with Crippen LogP contribution in [0.4, 0.5) is 5.69 Å². The van der Waals surface area contributed by atoms with Crippen LogP contribution in [0.25, 0.3) is 0 Å². The molecule has 0 aliphatic carbocycles. The Bertz CT molecular complexity index is 1050. The summed E-state index contributed by atoms with van der Waals surface area (Å²) >= 11 is 0. The highest BCUT2D eigenvalue weighted by Crippen LogP contribution is 2.30. The van der Waals surface area contributed by atoms with Gasteiger partial charge >= 0.3 is 0 Å². The van der Waals surface area contributed by atoms with Crippen LogP contribution in [0.3, 0.4) is 0 Å². The molecule has 0 radical (unpaired) electrons. The van der Waals surface area contributed by atoms with Crippen LogP contribution in [-0.4, -0.2) is 29.2 Å². The molecule has 7 heteroatoms. The molecule has 152 valence electrons. The summed E-state index contributed by atoms with van der Waals surface area (Å²) in [4.78, 5) is 0.0746. The third kappa shape index (κ3) is 5.42. The van der Waals surface area contributed by atoms with Crippen molar-refractivity contribution in [1.82, 2.24) is 0 Å². The van der Waals surface area contributed by atoms with Gasteiger partial charge in [0.05, 0.1) is 31.4 Å². The number of ether oxygens (including phenoxy) is 3. The average Bonchev–Trinajstić information content (AvgIpc) is 2.74. The molecule has 0 aromatic heterocycles. The van der Waals surface area contributed by atoms with Gasteiger partial charge < -0.3 is 14.2 Å². The minimum Gasteiger partial charge on any atom is -0.493 e. The molecule has 6 nitrogen and oxygen atoms in total. The van der Waals surface area contributed by atoms with Crippen LogP contribution in [0, 0.1) is 0 Å². The van der Waals surface area contributed by atoms with Crippen LogP contribution in [0.5, 0.6) is 17.2 Å². The Morgan fingerprint density at radius 3 is 2.31 bits per heavy atom. The van der Waals surface area contributed by atoms with Crippen LogP contribution in [-0.2, 0) is 16.4 Å². The van der Waals surface area contributed by atoms with E-state index in [9.17, 15) is 8.42 Å². The Morgan fingerprint density at radius 1 is 0.828 bits per heavy atom. The number of hydrogen-bond donors (Lipinski definition) is 1. The number of methoxy groups -OCH3 is 2. The van der Waals surface area contributed by atoms with E-state index in [-0.39, 0.29) is 4.90 Å². The normalized spacial score (nSPS) is 11.0. The molecule has 0 saturated heterocycles. The van der Waals surface area contributed by atoms with Crippen molar-refractivity contribution < 1.29 is 22.6 Å².